The number of aryl methyl sites for hydroxylation is 1. The fraction of sp³-hybridized carbons (Fsp3) is 0.400. The molecule has 1 aromatic carbocycles. The second-order valence-corrected chi connectivity index (χ2v) is 6.93. The van der Waals surface area contributed by atoms with Gasteiger partial charge in [0.2, 0.25) is 5.95 Å². The first kappa shape index (κ1) is 18.6. The average molecular weight is 385 g/mol. The quantitative estimate of drug-likeness (QED) is 0.678. The highest BCUT2D eigenvalue weighted by Crippen LogP contribution is 2.28. The van der Waals surface area contributed by atoms with Crippen molar-refractivity contribution in [3.63, 3.8) is 0 Å². The lowest BCUT2D eigenvalue weighted by Gasteiger charge is -2.29. The lowest BCUT2D eigenvalue weighted by Crippen LogP contribution is -2.38. The third-order valence-corrected chi connectivity index (χ3v) is 4.84. The number of anilines is 2. The van der Waals surface area contributed by atoms with E-state index >= 15 is 0 Å². The Morgan fingerprint density at radius 1 is 1.21 bits per heavy atom. The van der Waals surface area contributed by atoms with Gasteiger partial charge in [0.25, 0.3) is 0 Å². The largest absolute Gasteiger partial charge is 0.395 e. The van der Waals surface area contributed by atoms with Gasteiger partial charge in [-0.3, -0.25) is 0 Å². The number of hydrogen-bond acceptors (Lipinski definition) is 6. The molecule has 0 radical (unpaired) electrons. The Hall–Kier alpha value is -2.71. The molecular weight excluding hydrogens is 361 g/mol. The first-order valence-corrected chi connectivity index (χ1v) is 9.44. The maximum absolute atomic E-state index is 13.3. The number of morpholine rings is 1. The number of aromatic amines is 1. The van der Waals surface area contributed by atoms with Crippen LogP contribution in [-0.4, -0.2) is 59.5 Å². The highest BCUT2D eigenvalue weighted by molar-refractivity contribution is 5.89. The molecular formula is C20H24FN5O2. The van der Waals surface area contributed by atoms with E-state index in [0.717, 1.165) is 41.2 Å². The number of fused-ring (bicyclic) bond motifs is 1. The van der Waals surface area contributed by atoms with Crippen molar-refractivity contribution in [3.05, 3.63) is 47.4 Å². The summed E-state index contributed by atoms with van der Waals surface area (Å²) in [5, 5.41) is 10.5. The molecule has 148 valence electrons. The molecule has 1 aliphatic rings. The van der Waals surface area contributed by atoms with Gasteiger partial charge in [-0.1, -0.05) is 12.1 Å². The van der Waals surface area contributed by atoms with Crippen LogP contribution in [0.25, 0.3) is 11.0 Å². The number of aliphatic hydroxyl groups excluding tert-OH is 1. The summed E-state index contributed by atoms with van der Waals surface area (Å²) in [5.74, 6) is 1.14. The van der Waals surface area contributed by atoms with Crippen LogP contribution in [0.2, 0.25) is 0 Å². The molecule has 7 nitrogen and oxygen atoms in total. The Labute approximate surface area is 162 Å². The normalized spacial score (nSPS) is 14.6. The Morgan fingerprint density at radius 3 is 2.68 bits per heavy atom. The van der Waals surface area contributed by atoms with Crippen LogP contribution >= 0.6 is 0 Å². The third-order valence-electron chi connectivity index (χ3n) is 4.84. The Bertz CT molecular complexity index is 938. The highest BCUT2D eigenvalue weighted by atomic mass is 19.1. The van der Waals surface area contributed by atoms with E-state index in [1.165, 1.54) is 12.1 Å². The molecule has 0 aliphatic carbocycles. The van der Waals surface area contributed by atoms with Crippen LogP contribution in [0.5, 0.6) is 0 Å². The van der Waals surface area contributed by atoms with Gasteiger partial charge in [-0.2, -0.15) is 9.97 Å². The molecule has 1 aliphatic heterocycles. The van der Waals surface area contributed by atoms with Crippen molar-refractivity contribution in [3.8, 4) is 0 Å². The number of hydrogen-bond donors (Lipinski definition) is 2. The smallest absolute Gasteiger partial charge is 0.229 e. The van der Waals surface area contributed by atoms with E-state index in [0.29, 0.717) is 32.3 Å². The van der Waals surface area contributed by atoms with Crippen LogP contribution in [0.1, 0.15) is 11.3 Å². The molecule has 1 saturated heterocycles. The topological polar surface area (TPSA) is 77.5 Å². The zero-order valence-electron chi connectivity index (χ0n) is 15.9. The van der Waals surface area contributed by atoms with Crippen LogP contribution in [-0.2, 0) is 11.3 Å². The summed E-state index contributed by atoms with van der Waals surface area (Å²) in [7, 11) is 0. The van der Waals surface area contributed by atoms with Gasteiger partial charge in [-0.05, 0) is 30.7 Å². The summed E-state index contributed by atoms with van der Waals surface area (Å²) in [4.78, 5) is 17.0. The molecule has 0 unspecified atom stereocenters. The maximum atomic E-state index is 13.3. The van der Waals surface area contributed by atoms with E-state index < -0.39 is 0 Å². The second kappa shape index (κ2) is 8.12. The standard InChI is InChI=1S/C20H24FN5O2/c1-14-12-17-18(22-14)23-20(25-7-10-28-11-8-25)24-19(17)26(6-9-27)13-15-2-4-16(21)5-3-15/h2-5,12,27H,6-11,13H2,1H3,(H,22,23,24). The van der Waals surface area contributed by atoms with Crippen molar-refractivity contribution >= 4 is 22.8 Å². The van der Waals surface area contributed by atoms with Crippen molar-refractivity contribution in [2.75, 3.05) is 49.3 Å². The van der Waals surface area contributed by atoms with Gasteiger partial charge >= 0.3 is 0 Å². The van der Waals surface area contributed by atoms with Crippen molar-refractivity contribution in [1.29, 1.82) is 0 Å². The lowest BCUT2D eigenvalue weighted by atomic mass is 10.2. The van der Waals surface area contributed by atoms with Crippen LogP contribution in [0.3, 0.4) is 0 Å². The van der Waals surface area contributed by atoms with Crippen LogP contribution in [0, 0.1) is 12.7 Å². The molecule has 3 aromatic rings. The number of ether oxygens (including phenoxy) is 1. The van der Waals surface area contributed by atoms with Gasteiger partial charge < -0.3 is 24.6 Å². The predicted molar refractivity (Wildman–Crippen MR) is 106 cm³/mol. The van der Waals surface area contributed by atoms with Gasteiger partial charge in [0, 0.05) is 31.9 Å². The molecule has 2 N–H and O–H groups in total. The summed E-state index contributed by atoms with van der Waals surface area (Å²) < 4.78 is 18.7. The molecule has 1 fully saturated rings. The minimum Gasteiger partial charge on any atom is -0.395 e. The molecule has 4 rings (SSSR count). The van der Waals surface area contributed by atoms with Crippen LogP contribution < -0.4 is 9.80 Å². The fourth-order valence-electron chi connectivity index (χ4n) is 3.45. The van der Waals surface area contributed by atoms with Crippen molar-refractivity contribution in [2.24, 2.45) is 0 Å². The Kier molecular flexibility index (Phi) is 5.40. The number of aromatic nitrogens is 3. The molecule has 28 heavy (non-hydrogen) atoms. The predicted octanol–water partition coefficient (Wildman–Crippen LogP) is 2.24. The van der Waals surface area contributed by atoms with Gasteiger partial charge in [0.1, 0.15) is 17.3 Å². The SMILES string of the molecule is Cc1cc2c(N(CCO)Cc3ccc(F)cc3)nc(N3CCOCC3)nc2[nH]1. The molecule has 0 atom stereocenters. The first-order valence-electron chi connectivity index (χ1n) is 9.44. The summed E-state index contributed by atoms with van der Waals surface area (Å²) in [5.41, 5.74) is 2.71. The number of nitrogens with one attached hydrogen (secondary N) is 1. The second-order valence-electron chi connectivity index (χ2n) is 6.93. The van der Waals surface area contributed by atoms with Crippen LogP contribution in [0.15, 0.2) is 30.3 Å². The third kappa shape index (κ3) is 3.93. The summed E-state index contributed by atoms with van der Waals surface area (Å²) in [6.07, 6.45) is 0. The van der Waals surface area contributed by atoms with Crippen molar-refractivity contribution in [2.45, 2.75) is 13.5 Å². The van der Waals surface area contributed by atoms with Crippen LogP contribution in [0.4, 0.5) is 16.2 Å². The minimum absolute atomic E-state index is 0.0109. The van der Waals surface area contributed by atoms with E-state index in [2.05, 4.69) is 9.88 Å². The minimum atomic E-state index is -0.266. The van der Waals surface area contributed by atoms with Gasteiger partial charge in [0.15, 0.2) is 0 Å². The molecule has 8 heteroatoms. The molecule has 2 aromatic heterocycles. The van der Waals surface area contributed by atoms with Crippen molar-refractivity contribution < 1.29 is 14.2 Å². The Balaban J connectivity index is 1.75. The number of nitrogens with zero attached hydrogens (tertiary/aromatic N) is 4. The molecule has 0 spiro atoms. The zero-order chi connectivity index (χ0) is 19.5. The number of halogens is 1. The van der Waals surface area contributed by atoms with E-state index in [1.807, 2.05) is 17.9 Å². The number of aliphatic hydroxyl groups is 1. The summed E-state index contributed by atoms with van der Waals surface area (Å²) in [6.45, 7) is 5.67. The first-order chi connectivity index (χ1) is 13.6. The lowest BCUT2D eigenvalue weighted by molar-refractivity contribution is 0.122. The number of H-pyrrole nitrogens is 1. The average Bonchev–Trinajstić information content (AvgIpc) is 3.09. The summed E-state index contributed by atoms with van der Waals surface area (Å²) in [6, 6.07) is 8.42. The maximum Gasteiger partial charge on any atom is 0.229 e. The fourth-order valence-corrected chi connectivity index (χ4v) is 3.45. The van der Waals surface area contributed by atoms with Gasteiger partial charge in [0.05, 0.1) is 25.2 Å². The van der Waals surface area contributed by atoms with Crippen molar-refractivity contribution in [1.82, 2.24) is 15.0 Å². The van der Waals surface area contributed by atoms with E-state index in [-0.39, 0.29) is 12.4 Å². The zero-order valence-corrected chi connectivity index (χ0v) is 15.9. The monoisotopic (exact) mass is 385 g/mol. The Morgan fingerprint density at radius 2 is 1.96 bits per heavy atom. The molecule has 0 bridgehead atoms. The molecule has 0 saturated carbocycles. The highest BCUT2D eigenvalue weighted by Gasteiger charge is 2.21. The van der Waals surface area contributed by atoms with E-state index in [1.54, 1.807) is 12.1 Å². The number of benzene rings is 1. The van der Waals surface area contributed by atoms with E-state index in [9.17, 15) is 9.50 Å². The van der Waals surface area contributed by atoms with Gasteiger partial charge in [-0.25, -0.2) is 4.39 Å². The molecule has 3 heterocycles. The summed E-state index contributed by atoms with van der Waals surface area (Å²) >= 11 is 0. The number of rotatable bonds is 6. The molecule has 0 amide bonds. The van der Waals surface area contributed by atoms with E-state index in [4.69, 9.17) is 14.7 Å². The van der Waals surface area contributed by atoms with Gasteiger partial charge in [-0.15, -0.1) is 0 Å².